The number of carbonyl (C=O) groups is 1. The molecule has 35 heavy (non-hydrogen) atoms. The molecular formula is C30H35N3O2. The summed E-state index contributed by atoms with van der Waals surface area (Å²) in [4.78, 5) is 17.1. The van der Waals surface area contributed by atoms with Crippen molar-refractivity contribution in [2.24, 2.45) is 0 Å². The number of amides is 1. The lowest BCUT2D eigenvalue weighted by Gasteiger charge is -2.12. The van der Waals surface area contributed by atoms with Crippen LogP contribution in [-0.4, -0.2) is 28.6 Å². The number of para-hydroxylation sites is 2. The SMILES string of the molecule is Cc1ccc(OCCCn2c(CCCCCNC(=O)c3ccccc3)nc3ccccc32)c(C)c1. The molecule has 5 nitrogen and oxygen atoms in total. The number of carbonyl (C=O) groups excluding carboxylic acids is 1. The maximum absolute atomic E-state index is 12.2. The standard InChI is InChI=1S/C30H35N3O2/c1-23-17-18-28(24(2)22-23)35-21-11-20-33-27-15-9-8-14-26(27)32-29(33)16-7-4-10-19-31-30(34)25-12-5-3-6-13-25/h3,5-6,8-9,12-15,17-18,22H,4,7,10-11,16,19-21H2,1-2H3,(H,31,34). The van der Waals surface area contributed by atoms with Gasteiger partial charge in [-0.05, 0) is 69.0 Å². The second-order valence-corrected chi connectivity index (χ2v) is 9.07. The normalized spacial score (nSPS) is 11.0. The Morgan fingerprint density at radius 2 is 1.71 bits per heavy atom. The second-order valence-electron chi connectivity index (χ2n) is 9.07. The van der Waals surface area contributed by atoms with Gasteiger partial charge in [-0.25, -0.2) is 4.98 Å². The van der Waals surface area contributed by atoms with Crippen molar-refractivity contribution in [3.8, 4) is 5.75 Å². The van der Waals surface area contributed by atoms with Crippen LogP contribution in [0.5, 0.6) is 5.75 Å². The van der Waals surface area contributed by atoms with Crippen LogP contribution in [0.4, 0.5) is 0 Å². The number of aryl methyl sites for hydroxylation is 4. The summed E-state index contributed by atoms with van der Waals surface area (Å²) >= 11 is 0. The van der Waals surface area contributed by atoms with E-state index in [1.165, 1.54) is 16.6 Å². The highest BCUT2D eigenvalue weighted by atomic mass is 16.5. The molecule has 182 valence electrons. The van der Waals surface area contributed by atoms with Gasteiger partial charge in [-0.3, -0.25) is 4.79 Å². The van der Waals surface area contributed by atoms with E-state index >= 15 is 0 Å². The predicted octanol–water partition coefficient (Wildman–Crippen LogP) is 6.27. The molecule has 0 radical (unpaired) electrons. The van der Waals surface area contributed by atoms with E-state index in [-0.39, 0.29) is 5.91 Å². The van der Waals surface area contributed by atoms with Crippen LogP contribution >= 0.6 is 0 Å². The van der Waals surface area contributed by atoms with E-state index in [0.29, 0.717) is 18.7 Å². The minimum Gasteiger partial charge on any atom is -0.493 e. The fourth-order valence-corrected chi connectivity index (χ4v) is 4.41. The van der Waals surface area contributed by atoms with Crippen molar-refractivity contribution in [3.63, 3.8) is 0 Å². The van der Waals surface area contributed by atoms with Crippen molar-refractivity contribution in [1.82, 2.24) is 14.9 Å². The zero-order valence-corrected chi connectivity index (χ0v) is 20.8. The van der Waals surface area contributed by atoms with E-state index in [2.05, 4.69) is 60.1 Å². The Hall–Kier alpha value is -3.60. The van der Waals surface area contributed by atoms with Crippen LogP contribution in [0.1, 0.15) is 53.0 Å². The van der Waals surface area contributed by atoms with Crippen LogP contribution in [0.2, 0.25) is 0 Å². The number of aromatic nitrogens is 2. The molecule has 0 spiro atoms. The van der Waals surface area contributed by atoms with Gasteiger partial charge in [0.05, 0.1) is 17.6 Å². The molecule has 1 aromatic heterocycles. The fraction of sp³-hybridized carbons (Fsp3) is 0.333. The first-order valence-corrected chi connectivity index (χ1v) is 12.6. The van der Waals surface area contributed by atoms with Gasteiger partial charge in [0.2, 0.25) is 0 Å². The van der Waals surface area contributed by atoms with Gasteiger partial charge in [0.1, 0.15) is 11.6 Å². The quantitative estimate of drug-likeness (QED) is 0.249. The number of benzene rings is 3. The molecule has 1 amide bonds. The summed E-state index contributed by atoms with van der Waals surface area (Å²) < 4.78 is 8.40. The first-order valence-electron chi connectivity index (χ1n) is 12.6. The van der Waals surface area contributed by atoms with E-state index in [4.69, 9.17) is 9.72 Å². The Balaban J connectivity index is 1.25. The second kappa shape index (κ2) is 12.2. The average molecular weight is 470 g/mol. The molecule has 5 heteroatoms. The van der Waals surface area contributed by atoms with Crippen molar-refractivity contribution in [1.29, 1.82) is 0 Å². The molecule has 0 unspecified atom stereocenters. The van der Waals surface area contributed by atoms with Gasteiger partial charge in [0.25, 0.3) is 5.91 Å². The van der Waals surface area contributed by atoms with Gasteiger partial charge in [-0.15, -0.1) is 0 Å². The summed E-state index contributed by atoms with van der Waals surface area (Å²) in [5, 5.41) is 3.01. The fourth-order valence-electron chi connectivity index (χ4n) is 4.41. The largest absolute Gasteiger partial charge is 0.493 e. The van der Waals surface area contributed by atoms with Crippen molar-refractivity contribution in [2.45, 2.75) is 52.5 Å². The van der Waals surface area contributed by atoms with Gasteiger partial charge in [0.15, 0.2) is 0 Å². The number of hydrogen-bond acceptors (Lipinski definition) is 3. The monoisotopic (exact) mass is 469 g/mol. The Morgan fingerprint density at radius 1 is 0.914 bits per heavy atom. The van der Waals surface area contributed by atoms with Crippen molar-refractivity contribution in [2.75, 3.05) is 13.2 Å². The highest BCUT2D eigenvalue weighted by Gasteiger charge is 2.11. The van der Waals surface area contributed by atoms with E-state index in [0.717, 1.165) is 55.7 Å². The van der Waals surface area contributed by atoms with Crippen LogP contribution in [-0.2, 0) is 13.0 Å². The summed E-state index contributed by atoms with van der Waals surface area (Å²) in [6.45, 7) is 6.45. The molecule has 4 rings (SSSR count). The Bertz CT molecular complexity index is 1250. The third kappa shape index (κ3) is 6.72. The third-order valence-corrected chi connectivity index (χ3v) is 6.25. The molecule has 1 N–H and O–H groups in total. The summed E-state index contributed by atoms with van der Waals surface area (Å²) in [6, 6.07) is 24.0. The maximum Gasteiger partial charge on any atom is 0.251 e. The number of unbranched alkanes of at least 4 members (excludes halogenated alkanes) is 2. The Morgan fingerprint density at radius 3 is 2.54 bits per heavy atom. The van der Waals surface area contributed by atoms with E-state index in [1.54, 1.807) is 0 Å². The molecule has 1 heterocycles. The number of imidazole rings is 1. The predicted molar refractivity (Wildman–Crippen MR) is 142 cm³/mol. The summed E-state index contributed by atoms with van der Waals surface area (Å²) in [5.41, 5.74) is 5.38. The van der Waals surface area contributed by atoms with E-state index in [1.807, 2.05) is 36.4 Å². The lowest BCUT2D eigenvalue weighted by atomic mass is 10.1. The molecule has 4 aromatic rings. The molecule has 0 atom stereocenters. The molecule has 0 saturated heterocycles. The number of nitrogens with one attached hydrogen (secondary N) is 1. The number of ether oxygens (including phenoxy) is 1. The van der Waals surface area contributed by atoms with Crippen molar-refractivity contribution >= 4 is 16.9 Å². The van der Waals surface area contributed by atoms with E-state index < -0.39 is 0 Å². The van der Waals surface area contributed by atoms with Crippen LogP contribution < -0.4 is 10.1 Å². The van der Waals surface area contributed by atoms with Gasteiger partial charge < -0.3 is 14.6 Å². The van der Waals surface area contributed by atoms with Crippen LogP contribution in [0.25, 0.3) is 11.0 Å². The van der Waals surface area contributed by atoms with Gasteiger partial charge in [-0.2, -0.15) is 0 Å². The average Bonchev–Trinajstić information content (AvgIpc) is 3.22. The van der Waals surface area contributed by atoms with Crippen molar-refractivity contribution in [3.05, 3.63) is 95.3 Å². The summed E-state index contributed by atoms with van der Waals surface area (Å²) in [5.74, 6) is 2.09. The number of rotatable bonds is 12. The summed E-state index contributed by atoms with van der Waals surface area (Å²) in [6.07, 6.45) is 4.91. The molecule has 0 aliphatic rings. The molecule has 0 saturated carbocycles. The molecular weight excluding hydrogens is 434 g/mol. The summed E-state index contributed by atoms with van der Waals surface area (Å²) in [7, 11) is 0. The zero-order valence-electron chi connectivity index (χ0n) is 20.8. The van der Waals surface area contributed by atoms with Gasteiger partial charge >= 0.3 is 0 Å². The first-order chi connectivity index (χ1) is 17.1. The maximum atomic E-state index is 12.2. The highest BCUT2D eigenvalue weighted by Crippen LogP contribution is 2.21. The number of fused-ring (bicyclic) bond motifs is 1. The minimum atomic E-state index is -0.00422. The first kappa shape index (κ1) is 24.5. The molecule has 0 bridgehead atoms. The molecule has 3 aromatic carbocycles. The van der Waals surface area contributed by atoms with Gasteiger partial charge in [0, 0.05) is 25.1 Å². The number of nitrogens with zero attached hydrogens (tertiary/aromatic N) is 2. The minimum absolute atomic E-state index is 0.00422. The smallest absolute Gasteiger partial charge is 0.251 e. The van der Waals surface area contributed by atoms with Crippen LogP contribution in [0.3, 0.4) is 0 Å². The molecule has 0 fully saturated rings. The van der Waals surface area contributed by atoms with Crippen molar-refractivity contribution < 1.29 is 9.53 Å². The highest BCUT2D eigenvalue weighted by molar-refractivity contribution is 5.94. The lowest BCUT2D eigenvalue weighted by molar-refractivity contribution is 0.0953. The van der Waals surface area contributed by atoms with Crippen LogP contribution in [0, 0.1) is 13.8 Å². The number of hydrogen-bond donors (Lipinski definition) is 1. The topological polar surface area (TPSA) is 56.1 Å². The zero-order chi connectivity index (χ0) is 24.5. The third-order valence-electron chi connectivity index (χ3n) is 6.25. The Kier molecular flexibility index (Phi) is 8.55. The Labute approximate surface area is 208 Å². The molecule has 0 aliphatic heterocycles. The van der Waals surface area contributed by atoms with E-state index in [9.17, 15) is 4.79 Å². The van der Waals surface area contributed by atoms with Crippen LogP contribution in [0.15, 0.2) is 72.8 Å². The lowest BCUT2D eigenvalue weighted by Crippen LogP contribution is -2.24. The molecule has 0 aliphatic carbocycles. The van der Waals surface area contributed by atoms with Gasteiger partial charge in [-0.1, -0.05) is 54.4 Å².